The normalized spacial score (nSPS) is 11.7. The van der Waals surface area contributed by atoms with Crippen LogP contribution >= 0.6 is 0 Å². The quantitative estimate of drug-likeness (QED) is 0.400. The Labute approximate surface area is 180 Å². The van der Waals surface area contributed by atoms with E-state index in [1.807, 2.05) is 19.1 Å². The minimum atomic E-state index is -0.297. The van der Waals surface area contributed by atoms with E-state index in [-0.39, 0.29) is 5.91 Å². The van der Waals surface area contributed by atoms with Crippen molar-refractivity contribution >= 4 is 28.3 Å². The fourth-order valence-electron chi connectivity index (χ4n) is 3.72. The minimum Gasteiger partial charge on any atom is -0.496 e. The molecule has 1 N–H and O–H groups in total. The molecule has 158 valence electrons. The van der Waals surface area contributed by atoms with Crippen LogP contribution in [0.2, 0.25) is 0 Å². The third-order valence-corrected chi connectivity index (χ3v) is 5.22. The van der Waals surface area contributed by atoms with E-state index >= 15 is 0 Å². The van der Waals surface area contributed by atoms with Crippen LogP contribution in [0.25, 0.3) is 27.7 Å². The summed E-state index contributed by atoms with van der Waals surface area (Å²) in [6, 6.07) is 11.9. The van der Waals surface area contributed by atoms with E-state index in [0.717, 1.165) is 33.2 Å². The molecule has 0 fully saturated rings. The van der Waals surface area contributed by atoms with Gasteiger partial charge < -0.3 is 19.0 Å². The van der Waals surface area contributed by atoms with Gasteiger partial charge in [0.25, 0.3) is 0 Å². The first-order valence-electron chi connectivity index (χ1n) is 9.95. The standard InChI is InChI=1S/C25H24N2O4/c1-14-6-7-18(15(2)8-14)21-13-30-23-12-22(29-5)19(11-20(21)23)16(3)9-25(28)26-24-10-17(4)31-27-24/h6-13H,1-5H3,(H,26,27,28)/b16-9+. The van der Waals surface area contributed by atoms with Crippen LogP contribution in [-0.2, 0) is 4.79 Å². The molecule has 6 heteroatoms. The second-order valence-corrected chi connectivity index (χ2v) is 7.66. The van der Waals surface area contributed by atoms with Gasteiger partial charge in [-0.15, -0.1) is 0 Å². The van der Waals surface area contributed by atoms with Gasteiger partial charge in [0.15, 0.2) is 5.82 Å². The minimum absolute atomic E-state index is 0.297. The van der Waals surface area contributed by atoms with Crippen molar-refractivity contribution in [1.29, 1.82) is 0 Å². The maximum Gasteiger partial charge on any atom is 0.249 e. The number of nitrogens with zero attached hydrogens (tertiary/aromatic N) is 1. The second kappa shape index (κ2) is 8.14. The lowest BCUT2D eigenvalue weighted by Crippen LogP contribution is -2.08. The molecule has 1 amide bonds. The monoisotopic (exact) mass is 416 g/mol. The highest BCUT2D eigenvalue weighted by Crippen LogP contribution is 2.38. The molecule has 0 aliphatic heterocycles. The number of benzene rings is 2. The fraction of sp³-hybridized carbons (Fsp3) is 0.200. The maximum atomic E-state index is 12.5. The average Bonchev–Trinajstić information content (AvgIpc) is 3.32. The zero-order valence-electron chi connectivity index (χ0n) is 18.2. The summed E-state index contributed by atoms with van der Waals surface area (Å²) in [4.78, 5) is 12.5. The van der Waals surface area contributed by atoms with E-state index in [1.54, 1.807) is 26.4 Å². The maximum absolute atomic E-state index is 12.5. The number of carbonyl (C=O) groups is 1. The summed E-state index contributed by atoms with van der Waals surface area (Å²) in [5.41, 5.74) is 6.80. The summed E-state index contributed by atoms with van der Waals surface area (Å²) in [5, 5.41) is 7.45. The summed E-state index contributed by atoms with van der Waals surface area (Å²) in [6.07, 6.45) is 3.29. The number of anilines is 1. The first kappa shape index (κ1) is 20.5. The first-order valence-corrected chi connectivity index (χ1v) is 9.95. The number of allylic oxidation sites excluding steroid dienone is 1. The lowest BCUT2D eigenvalue weighted by molar-refractivity contribution is -0.111. The fourth-order valence-corrected chi connectivity index (χ4v) is 3.72. The van der Waals surface area contributed by atoms with Crippen LogP contribution < -0.4 is 10.1 Å². The summed E-state index contributed by atoms with van der Waals surface area (Å²) in [6.45, 7) is 7.80. The van der Waals surface area contributed by atoms with Gasteiger partial charge in [-0.25, -0.2) is 0 Å². The predicted octanol–water partition coefficient (Wildman–Crippen LogP) is 6.06. The molecule has 2 heterocycles. The van der Waals surface area contributed by atoms with Gasteiger partial charge >= 0.3 is 0 Å². The first-order chi connectivity index (χ1) is 14.9. The molecule has 0 unspecified atom stereocenters. The number of methoxy groups -OCH3 is 1. The predicted molar refractivity (Wildman–Crippen MR) is 121 cm³/mol. The van der Waals surface area contributed by atoms with E-state index < -0.39 is 0 Å². The summed E-state index contributed by atoms with van der Waals surface area (Å²) in [5.74, 6) is 1.34. The molecule has 31 heavy (non-hydrogen) atoms. The van der Waals surface area contributed by atoms with E-state index in [1.165, 1.54) is 17.2 Å². The summed E-state index contributed by atoms with van der Waals surface area (Å²) >= 11 is 0. The Balaban J connectivity index is 1.75. The van der Waals surface area contributed by atoms with Gasteiger partial charge in [-0.2, -0.15) is 0 Å². The number of furan rings is 1. The number of carbonyl (C=O) groups excluding carboxylic acids is 1. The molecule has 0 aliphatic rings. The van der Waals surface area contributed by atoms with Crippen molar-refractivity contribution < 1.29 is 18.5 Å². The van der Waals surface area contributed by atoms with E-state index in [9.17, 15) is 4.79 Å². The van der Waals surface area contributed by atoms with Crippen LogP contribution in [0.5, 0.6) is 5.75 Å². The highest BCUT2D eigenvalue weighted by atomic mass is 16.5. The highest BCUT2D eigenvalue weighted by molar-refractivity contribution is 6.05. The number of fused-ring (bicyclic) bond motifs is 1. The van der Waals surface area contributed by atoms with Gasteiger partial charge in [0, 0.05) is 34.7 Å². The number of hydrogen-bond acceptors (Lipinski definition) is 5. The van der Waals surface area contributed by atoms with Crippen LogP contribution in [0.1, 0.15) is 29.4 Å². The van der Waals surface area contributed by atoms with E-state index in [2.05, 4.69) is 42.5 Å². The van der Waals surface area contributed by atoms with E-state index in [0.29, 0.717) is 17.3 Å². The van der Waals surface area contributed by atoms with Gasteiger partial charge in [-0.1, -0.05) is 28.9 Å². The van der Waals surface area contributed by atoms with Crippen LogP contribution in [0.15, 0.2) is 57.7 Å². The molecule has 0 aliphatic carbocycles. The number of ether oxygens (including phenoxy) is 1. The molecule has 0 radical (unpaired) electrons. The largest absolute Gasteiger partial charge is 0.496 e. The molecular weight excluding hydrogens is 392 g/mol. The van der Waals surface area contributed by atoms with E-state index in [4.69, 9.17) is 13.7 Å². The van der Waals surface area contributed by atoms with Gasteiger partial charge in [0.05, 0.1) is 13.4 Å². The lowest BCUT2D eigenvalue weighted by Gasteiger charge is -2.11. The highest BCUT2D eigenvalue weighted by Gasteiger charge is 2.16. The Morgan fingerprint density at radius 2 is 1.90 bits per heavy atom. The summed E-state index contributed by atoms with van der Waals surface area (Å²) in [7, 11) is 1.60. The van der Waals surface area contributed by atoms with Gasteiger partial charge in [0.2, 0.25) is 5.91 Å². The molecule has 2 aromatic heterocycles. The number of aromatic nitrogens is 1. The third-order valence-electron chi connectivity index (χ3n) is 5.22. The lowest BCUT2D eigenvalue weighted by atomic mass is 9.96. The van der Waals surface area contributed by atoms with Crippen LogP contribution in [0.3, 0.4) is 0 Å². The van der Waals surface area contributed by atoms with Crippen LogP contribution in [0.4, 0.5) is 5.82 Å². The Hall–Kier alpha value is -3.80. The number of aryl methyl sites for hydroxylation is 3. The van der Waals surface area contributed by atoms with Gasteiger partial charge in [0.1, 0.15) is 17.1 Å². The molecule has 4 rings (SSSR count). The van der Waals surface area contributed by atoms with Crippen molar-refractivity contribution in [3.8, 4) is 16.9 Å². The Kier molecular flexibility index (Phi) is 5.38. The molecule has 6 nitrogen and oxygen atoms in total. The van der Waals surface area contributed by atoms with Crippen molar-refractivity contribution in [1.82, 2.24) is 5.16 Å². The third kappa shape index (κ3) is 4.10. The molecule has 0 spiro atoms. The average molecular weight is 416 g/mol. The number of nitrogens with one attached hydrogen (secondary N) is 1. The molecule has 0 saturated heterocycles. The molecule has 0 saturated carbocycles. The zero-order valence-corrected chi connectivity index (χ0v) is 18.2. The molecular formula is C25H24N2O4. The Morgan fingerprint density at radius 1 is 1.10 bits per heavy atom. The van der Waals surface area contributed by atoms with Crippen molar-refractivity contribution in [3.63, 3.8) is 0 Å². The molecule has 0 bridgehead atoms. The van der Waals surface area contributed by atoms with Crippen LogP contribution in [0, 0.1) is 20.8 Å². The Morgan fingerprint density at radius 3 is 2.58 bits per heavy atom. The zero-order chi connectivity index (χ0) is 22.1. The SMILES string of the molecule is COc1cc2occ(-c3ccc(C)cc3C)c2cc1/C(C)=C/C(=O)Nc1cc(C)on1. The van der Waals surface area contributed by atoms with Crippen molar-refractivity contribution in [2.75, 3.05) is 12.4 Å². The van der Waals surface area contributed by atoms with Gasteiger partial charge in [-0.05, 0) is 50.5 Å². The Bertz CT molecular complexity index is 1310. The molecule has 4 aromatic rings. The van der Waals surface area contributed by atoms with Crippen molar-refractivity contribution in [2.45, 2.75) is 27.7 Å². The van der Waals surface area contributed by atoms with Crippen molar-refractivity contribution in [2.24, 2.45) is 0 Å². The smallest absolute Gasteiger partial charge is 0.249 e. The number of rotatable bonds is 5. The topological polar surface area (TPSA) is 77.5 Å². The van der Waals surface area contributed by atoms with Crippen molar-refractivity contribution in [3.05, 3.63) is 71.2 Å². The van der Waals surface area contributed by atoms with Gasteiger partial charge in [-0.3, -0.25) is 4.79 Å². The molecule has 0 atom stereocenters. The molecule has 2 aromatic carbocycles. The second-order valence-electron chi connectivity index (χ2n) is 7.66. The number of hydrogen-bond donors (Lipinski definition) is 1. The number of amides is 1. The van der Waals surface area contributed by atoms with Crippen LogP contribution in [-0.4, -0.2) is 18.2 Å². The summed E-state index contributed by atoms with van der Waals surface area (Å²) < 4.78 is 16.4.